The maximum Gasteiger partial charge on any atom is 0.232 e. The molecule has 1 heterocycles. The number of carbonyl (C=O) groups excluding carboxylic acids is 2. The van der Waals surface area contributed by atoms with E-state index < -0.39 is 5.92 Å². The van der Waals surface area contributed by atoms with Gasteiger partial charge in [-0.2, -0.15) is 0 Å². The Balaban J connectivity index is 1.83. The molecule has 106 valence electrons. The normalized spacial score (nSPS) is 16.2. The SMILES string of the molecule is COc1cccc(C(=O)C[C@@H]2C(=O)Nc3ccccc32)c1. The molecule has 0 saturated heterocycles. The zero-order valence-corrected chi connectivity index (χ0v) is 11.6. The number of carbonyl (C=O) groups is 2. The summed E-state index contributed by atoms with van der Waals surface area (Å²) in [4.78, 5) is 24.4. The number of rotatable bonds is 4. The van der Waals surface area contributed by atoms with Crippen LogP contribution >= 0.6 is 0 Å². The van der Waals surface area contributed by atoms with E-state index in [9.17, 15) is 9.59 Å². The van der Waals surface area contributed by atoms with Gasteiger partial charge in [-0.05, 0) is 23.8 Å². The Morgan fingerprint density at radius 3 is 2.81 bits per heavy atom. The number of ketones is 1. The molecule has 2 aromatic rings. The predicted molar refractivity (Wildman–Crippen MR) is 79.8 cm³/mol. The summed E-state index contributed by atoms with van der Waals surface area (Å²) < 4.78 is 5.12. The molecule has 2 aromatic carbocycles. The van der Waals surface area contributed by atoms with E-state index >= 15 is 0 Å². The zero-order chi connectivity index (χ0) is 14.8. The van der Waals surface area contributed by atoms with Crippen molar-refractivity contribution in [1.29, 1.82) is 0 Å². The quantitative estimate of drug-likeness (QED) is 0.876. The molecule has 0 aliphatic carbocycles. The summed E-state index contributed by atoms with van der Waals surface area (Å²) in [6.07, 6.45) is 0.163. The number of ether oxygens (including phenoxy) is 1. The van der Waals surface area contributed by atoms with Gasteiger partial charge in [-0.3, -0.25) is 9.59 Å². The summed E-state index contributed by atoms with van der Waals surface area (Å²) in [5.74, 6) is 0.0372. The summed E-state index contributed by atoms with van der Waals surface area (Å²) in [7, 11) is 1.56. The van der Waals surface area contributed by atoms with E-state index in [2.05, 4.69) is 5.32 Å². The van der Waals surface area contributed by atoms with Crippen molar-refractivity contribution in [3.05, 3.63) is 59.7 Å². The van der Waals surface area contributed by atoms with Crippen molar-refractivity contribution < 1.29 is 14.3 Å². The third-order valence-electron chi connectivity index (χ3n) is 3.69. The van der Waals surface area contributed by atoms with Crippen LogP contribution in [-0.2, 0) is 4.79 Å². The van der Waals surface area contributed by atoms with Gasteiger partial charge in [0, 0.05) is 17.7 Å². The molecular weight excluding hydrogens is 266 g/mol. The van der Waals surface area contributed by atoms with Crippen LogP contribution in [0.5, 0.6) is 5.75 Å². The molecule has 0 unspecified atom stereocenters. The minimum absolute atomic E-state index is 0.0641. The van der Waals surface area contributed by atoms with Gasteiger partial charge in [0.15, 0.2) is 5.78 Å². The number of hydrogen-bond acceptors (Lipinski definition) is 3. The lowest BCUT2D eigenvalue weighted by atomic mass is 9.93. The molecule has 0 spiro atoms. The van der Waals surface area contributed by atoms with Gasteiger partial charge in [0.1, 0.15) is 5.75 Å². The second-order valence-corrected chi connectivity index (χ2v) is 4.99. The van der Waals surface area contributed by atoms with Crippen LogP contribution in [-0.4, -0.2) is 18.8 Å². The number of fused-ring (bicyclic) bond motifs is 1. The van der Waals surface area contributed by atoms with Crippen LogP contribution in [0.4, 0.5) is 5.69 Å². The largest absolute Gasteiger partial charge is 0.497 e. The third kappa shape index (κ3) is 2.52. The second-order valence-electron chi connectivity index (χ2n) is 4.99. The number of benzene rings is 2. The first-order valence-electron chi connectivity index (χ1n) is 6.76. The van der Waals surface area contributed by atoms with E-state index in [-0.39, 0.29) is 18.1 Å². The topological polar surface area (TPSA) is 55.4 Å². The fraction of sp³-hybridized carbons (Fsp3) is 0.176. The number of amides is 1. The first-order valence-corrected chi connectivity index (χ1v) is 6.76. The molecule has 1 aliphatic rings. The predicted octanol–water partition coefficient (Wildman–Crippen LogP) is 3.00. The highest BCUT2D eigenvalue weighted by molar-refractivity contribution is 6.07. The lowest BCUT2D eigenvalue weighted by Gasteiger charge is -2.08. The van der Waals surface area contributed by atoms with E-state index in [0.29, 0.717) is 11.3 Å². The third-order valence-corrected chi connectivity index (χ3v) is 3.69. The molecule has 21 heavy (non-hydrogen) atoms. The van der Waals surface area contributed by atoms with Gasteiger partial charge in [-0.1, -0.05) is 30.3 Å². The molecule has 4 heteroatoms. The maximum absolute atomic E-state index is 12.4. The molecule has 1 N–H and O–H groups in total. The monoisotopic (exact) mass is 281 g/mol. The Hall–Kier alpha value is -2.62. The van der Waals surface area contributed by atoms with Crippen molar-refractivity contribution in [3.63, 3.8) is 0 Å². The summed E-state index contributed by atoms with van der Waals surface area (Å²) >= 11 is 0. The summed E-state index contributed by atoms with van der Waals surface area (Å²) in [5, 5.41) is 2.81. The Morgan fingerprint density at radius 1 is 1.19 bits per heavy atom. The minimum Gasteiger partial charge on any atom is -0.497 e. The van der Waals surface area contributed by atoms with Gasteiger partial charge in [-0.15, -0.1) is 0 Å². The first-order chi connectivity index (χ1) is 10.2. The van der Waals surface area contributed by atoms with Crippen LogP contribution < -0.4 is 10.1 Å². The molecule has 4 nitrogen and oxygen atoms in total. The Kier molecular flexibility index (Phi) is 3.44. The number of nitrogens with one attached hydrogen (secondary N) is 1. The van der Waals surface area contributed by atoms with E-state index in [1.54, 1.807) is 31.4 Å². The Labute approximate surface area is 122 Å². The number of para-hydroxylation sites is 1. The minimum atomic E-state index is -0.417. The van der Waals surface area contributed by atoms with Crippen LogP contribution in [0, 0.1) is 0 Å². The highest BCUT2D eigenvalue weighted by atomic mass is 16.5. The van der Waals surface area contributed by atoms with Crippen LogP contribution in [0.3, 0.4) is 0 Å². The first kappa shape index (κ1) is 13.4. The van der Waals surface area contributed by atoms with Crippen molar-refractivity contribution in [2.75, 3.05) is 12.4 Å². The lowest BCUT2D eigenvalue weighted by Crippen LogP contribution is -2.16. The Morgan fingerprint density at radius 2 is 2.00 bits per heavy atom. The van der Waals surface area contributed by atoms with Gasteiger partial charge in [0.05, 0.1) is 13.0 Å². The molecule has 1 aliphatic heterocycles. The van der Waals surface area contributed by atoms with E-state index in [1.165, 1.54) is 0 Å². The van der Waals surface area contributed by atoms with E-state index in [1.807, 2.05) is 24.3 Å². The standard InChI is InChI=1S/C17H15NO3/c1-21-12-6-4-5-11(9-12)16(19)10-14-13-7-2-3-8-15(13)18-17(14)20/h2-9,14H,10H2,1H3,(H,18,20)/t14-/m0/s1. The number of methoxy groups -OCH3 is 1. The molecule has 0 saturated carbocycles. The molecule has 1 amide bonds. The fourth-order valence-electron chi connectivity index (χ4n) is 2.58. The van der Waals surface area contributed by atoms with Crippen molar-refractivity contribution in [2.24, 2.45) is 0 Å². The number of Topliss-reactive ketones (excluding diaryl/α,β-unsaturated/α-hetero) is 1. The summed E-state index contributed by atoms with van der Waals surface area (Å²) in [6, 6.07) is 14.5. The summed E-state index contributed by atoms with van der Waals surface area (Å²) in [5.41, 5.74) is 2.25. The van der Waals surface area contributed by atoms with E-state index in [4.69, 9.17) is 4.74 Å². The van der Waals surface area contributed by atoms with Crippen molar-refractivity contribution in [2.45, 2.75) is 12.3 Å². The second kappa shape index (κ2) is 5.40. The number of anilines is 1. The van der Waals surface area contributed by atoms with Crippen LogP contribution in [0.2, 0.25) is 0 Å². The average Bonchev–Trinajstić information content (AvgIpc) is 2.83. The molecule has 0 fully saturated rings. The van der Waals surface area contributed by atoms with Crippen molar-refractivity contribution >= 4 is 17.4 Å². The molecule has 3 rings (SSSR count). The van der Waals surface area contributed by atoms with Crippen LogP contribution in [0.25, 0.3) is 0 Å². The Bertz CT molecular complexity index is 709. The average molecular weight is 281 g/mol. The molecular formula is C17H15NO3. The van der Waals surface area contributed by atoms with Crippen molar-refractivity contribution in [3.8, 4) is 5.75 Å². The van der Waals surface area contributed by atoms with Crippen LogP contribution in [0.15, 0.2) is 48.5 Å². The highest BCUT2D eigenvalue weighted by Crippen LogP contribution is 2.35. The smallest absolute Gasteiger partial charge is 0.232 e. The maximum atomic E-state index is 12.4. The van der Waals surface area contributed by atoms with Gasteiger partial charge in [-0.25, -0.2) is 0 Å². The molecule has 0 bridgehead atoms. The van der Waals surface area contributed by atoms with Gasteiger partial charge in [0.2, 0.25) is 5.91 Å². The van der Waals surface area contributed by atoms with Crippen molar-refractivity contribution in [1.82, 2.24) is 0 Å². The van der Waals surface area contributed by atoms with Gasteiger partial charge >= 0.3 is 0 Å². The number of hydrogen-bond donors (Lipinski definition) is 1. The lowest BCUT2D eigenvalue weighted by molar-refractivity contribution is -0.117. The van der Waals surface area contributed by atoms with Crippen LogP contribution in [0.1, 0.15) is 28.3 Å². The molecule has 1 atom stereocenters. The zero-order valence-electron chi connectivity index (χ0n) is 11.6. The molecule has 0 radical (unpaired) electrons. The fourth-order valence-corrected chi connectivity index (χ4v) is 2.58. The van der Waals surface area contributed by atoms with Gasteiger partial charge in [0.25, 0.3) is 0 Å². The highest BCUT2D eigenvalue weighted by Gasteiger charge is 2.32. The molecule has 0 aromatic heterocycles. The van der Waals surface area contributed by atoms with Gasteiger partial charge < -0.3 is 10.1 Å². The summed E-state index contributed by atoms with van der Waals surface area (Å²) in [6.45, 7) is 0. The van der Waals surface area contributed by atoms with E-state index in [0.717, 1.165) is 11.3 Å².